The minimum absolute atomic E-state index is 0.200. The van der Waals surface area contributed by atoms with E-state index in [1.807, 2.05) is 30.2 Å². The smallest absolute Gasteiger partial charge is 0.123 e. The molecule has 0 aliphatic carbocycles. The lowest BCUT2D eigenvalue weighted by atomic mass is 10.2. The standard InChI is InChI=1S/C14H18FN3/c1-16-7-3-5-13-9-17-18(11-13)10-12-4-2-6-14(15)8-12/h2,4,6,8-9,11,16H,3,5,7,10H2,1H3. The molecule has 3 nitrogen and oxygen atoms in total. The Bertz CT molecular complexity index is 493. The van der Waals surface area contributed by atoms with Crippen LogP contribution in [0, 0.1) is 5.82 Å². The van der Waals surface area contributed by atoms with E-state index in [0.717, 1.165) is 24.9 Å². The predicted molar refractivity (Wildman–Crippen MR) is 70.0 cm³/mol. The number of benzene rings is 1. The summed E-state index contributed by atoms with van der Waals surface area (Å²) in [5.74, 6) is -0.200. The summed E-state index contributed by atoms with van der Waals surface area (Å²) >= 11 is 0. The number of rotatable bonds is 6. The maximum Gasteiger partial charge on any atom is 0.123 e. The third kappa shape index (κ3) is 3.67. The molecule has 0 bridgehead atoms. The van der Waals surface area contributed by atoms with Gasteiger partial charge in [0.2, 0.25) is 0 Å². The lowest BCUT2D eigenvalue weighted by Crippen LogP contribution is -2.08. The monoisotopic (exact) mass is 247 g/mol. The zero-order valence-electron chi connectivity index (χ0n) is 10.6. The molecule has 0 saturated carbocycles. The first-order chi connectivity index (χ1) is 8.78. The highest BCUT2D eigenvalue weighted by atomic mass is 19.1. The molecule has 0 saturated heterocycles. The summed E-state index contributed by atoms with van der Waals surface area (Å²) in [6.45, 7) is 1.62. The highest BCUT2D eigenvalue weighted by Crippen LogP contribution is 2.07. The van der Waals surface area contributed by atoms with E-state index in [1.54, 1.807) is 12.1 Å². The van der Waals surface area contributed by atoms with Gasteiger partial charge in [0.25, 0.3) is 0 Å². The van der Waals surface area contributed by atoms with Gasteiger partial charge < -0.3 is 5.32 Å². The van der Waals surface area contributed by atoms with Crippen LogP contribution in [-0.4, -0.2) is 23.4 Å². The molecule has 1 heterocycles. The van der Waals surface area contributed by atoms with Gasteiger partial charge in [-0.2, -0.15) is 5.10 Å². The maximum atomic E-state index is 13.0. The fourth-order valence-corrected chi connectivity index (χ4v) is 1.91. The van der Waals surface area contributed by atoms with E-state index in [0.29, 0.717) is 6.54 Å². The first kappa shape index (κ1) is 12.8. The number of halogens is 1. The van der Waals surface area contributed by atoms with Crippen molar-refractivity contribution in [1.82, 2.24) is 15.1 Å². The van der Waals surface area contributed by atoms with Crippen LogP contribution in [-0.2, 0) is 13.0 Å². The Kier molecular flexibility index (Phi) is 4.47. The van der Waals surface area contributed by atoms with Crippen molar-refractivity contribution in [2.45, 2.75) is 19.4 Å². The zero-order chi connectivity index (χ0) is 12.8. The topological polar surface area (TPSA) is 29.9 Å². The van der Waals surface area contributed by atoms with Gasteiger partial charge in [-0.25, -0.2) is 4.39 Å². The number of hydrogen-bond acceptors (Lipinski definition) is 2. The van der Waals surface area contributed by atoms with Gasteiger partial charge >= 0.3 is 0 Å². The minimum Gasteiger partial charge on any atom is -0.320 e. The Morgan fingerprint density at radius 1 is 1.33 bits per heavy atom. The number of nitrogens with one attached hydrogen (secondary N) is 1. The molecule has 0 fully saturated rings. The van der Waals surface area contributed by atoms with Gasteiger partial charge in [0.05, 0.1) is 12.7 Å². The lowest BCUT2D eigenvalue weighted by molar-refractivity contribution is 0.619. The molecule has 0 aliphatic rings. The summed E-state index contributed by atoms with van der Waals surface area (Å²) in [6, 6.07) is 6.63. The summed E-state index contributed by atoms with van der Waals surface area (Å²) in [6.07, 6.45) is 6.03. The van der Waals surface area contributed by atoms with Gasteiger partial charge in [-0.3, -0.25) is 4.68 Å². The Morgan fingerprint density at radius 3 is 3.00 bits per heavy atom. The van der Waals surface area contributed by atoms with E-state index >= 15 is 0 Å². The zero-order valence-corrected chi connectivity index (χ0v) is 10.6. The summed E-state index contributed by atoms with van der Waals surface area (Å²) in [5, 5.41) is 7.42. The molecule has 18 heavy (non-hydrogen) atoms. The van der Waals surface area contributed by atoms with E-state index in [9.17, 15) is 4.39 Å². The first-order valence-electron chi connectivity index (χ1n) is 6.18. The van der Waals surface area contributed by atoms with Gasteiger partial charge in [-0.1, -0.05) is 12.1 Å². The van der Waals surface area contributed by atoms with Crippen LogP contribution in [0.4, 0.5) is 4.39 Å². The van der Waals surface area contributed by atoms with Crippen molar-refractivity contribution in [3.63, 3.8) is 0 Å². The van der Waals surface area contributed by atoms with Crippen LogP contribution < -0.4 is 5.32 Å². The molecule has 2 rings (SSSR count). The molecule has 1 aromatic carbocycles. The summed E-state index contributed by atoms with van der Waals surface area (Å²) in [4.78, 5) is 0. The highest BCUT2D eigenvalue weighted by Gasteiger charge is 2.00. The average molecular weight is 247 g/mol. The Hall–Kier alpha value is -1.68. The van der Waals surface area contributed by atoms with Crippen molar-refractivity contribution >= 4 is 0 Å². The fourth-order valence-electron chi connectivity index (χ4n) is 1.91. The van der Waals surface area contributed by atoms with Crippen molar-refractivity contribution in [2.75, 3.05) is 13.6 Å². The van der Waals surface area contributed by atoms with Crippen molar-refractivity contribution in [2.24, 2.45) is 0 Å². The Labute approximate surface area is 107 Å². The van der Waals surface area contributed by atoms with Crippen LogP contribution in [0.3, 0.4) is 0 Å². The molecule has 0 spiro atoms. The third-order valence-corrected chi connectivity index (χ3v) is 2.81. The second-order valence-corrected chi connectivity index (χ2v) is 4.38. The van der Waals surface area contributed by atoms with E-state index in [2.05, 4.69) is 10.4 Å². The Balaban J connectivity index is 1.94. The number of hydrogen-bond donors (Lipinski definition) is 1. The average Bonchev–Trinajstić information content (AvgIpc) is 2.77. The fraction of sp³-hybridized carbons (Fsp3) is 0.357. The summed E-state index contributed by atoms with van der Waals surface area (Å²) < 4.78 is 14.9. The van der Waals surface area contributed by atoms with Gasteiger partial charge in [0.1, 0.15) is 5.82 Å². The van der Waals surface area contributed by atoms with Crippen LogP contribution in [0.1, 0.15) is 17.5 Å². The van der Waals surface area contributed by atoms with Crippen LogP contribution >= 0.6 is 0 Å². The van der Waals surface area contributed by atoms with Crippen molar-refractivity contribution in [3.05, 3.63) is 53.6 Å². The summed E-state index contributed by atoms with van der Waals surface area (Å²) in [5.41, 5.74) is 2.15. The highest BCUT2D eigenvalue weighted by molar-refractivity contribution is 5.17. The largest absolute Gasteiger partial charge is 0.320 e. The van der Waals surface area contributed by atoms with Gasteiger partial charge in [0.15, 0.2) is 0 Å². The van der Waals surface area contributed by atoms with Crippen molar-refractivity contribution in [1.29, 1.82) is 0 Å². The van der Waals surface area contributed by atoms with E-state index in [1.165, 1.54) is 11.6 Å². The van der Waals surface area contributed by atoms with E-state index < -0.39 is 0 Å². The maximum absolute atomic E-state index is 13.0. The molecular formula is C14H18FN3. The summed E-state index contributed by atoms with van der Waals surface area (Å²) in [7, 11) is 1.95. The second-order valence-electron chi connectivity index (χ2n) is 4.38. The molecule has 0 amide bonds. The lowest BCUT2D eigenvalue weighted by Gasteiger charge is -2.01. The molecule has 1 aromatic heterocycles. The van der Waals surface area contributed by atoms with Gasteiger partial charge in [0, 0.05) is 6.20 Å². The molecular weight excluding hydrogens is 229 g/mol. The SMILES string of the molecule is CNCCCc1cnn(Cc2cccc(F)c2)c1. The van der Waals surface area contributed by atoms with Crippen molar-refractivity contribution < 1.29 is 4.39 Å². The first-order valence-corrected chi connectivity index (χ1v) is 6.18. The molecule has 4 heteroatoms. The van der Waals surface area contributed by atoms with E-state index in [4.69, 9.17) is 0 Å². The molecule has 0 unspecified atom stereocenters. The van der Waals surface area contributed by atoms with Crippen LogP contribution in [0.25, 0.3) is 0 Å². The molecule has 2 aromatic rings. The quantitative estimate of drug-likeness (QED) is 0.793. The number of aromatic nitrogens is 2. The van der Waals surface area contributed by atoms with Crippen LogP contribution in [0.2, 0.25) is 0 Å². The van der Waals surface area contributed by atoms with E-state index in [-0.39, 0.29) is 5.82 Å². The van der Waals surface area contributed by atoms with Crippen molar-refractivity contribution in [3.8, 4) is 0 Å². The molecule has 1 N–H and O–H groups in total. The number of aryl methyl sites for hydroxylation is 1. The molecule has 96 valence electrons. The van der Waals surface area contributed by atoms with Gasteiger partial charge in [-0.15, -0.1) is 0 Å². The second kappa shape index (κ2) is 6.31. The molecule has 0 radical (unpaired) electrons. The Morgan fingerprint density at radius 2 is 2.22 bits per heavy atom. The van der Waals surface area contributed by atoms with Crippen LogP contribution in [0.15, 0.2) is 36.7 Å². The third-order valence-electron chi connectivity index (χ3n) is 2.81. The predicted octanol–water partition coefficient (Wildman–Crippen LogP) is 2.22. The molecule has 0 aliphatic heterocycles. The van der Waals surface area contributed by atoms with Crippen LogP contribution in [0.5, 0.6) is 0 Å². The van der Waals surface area contributed by atoms with Gasteiger partial charge in [-0.05, 0) is 49.7 Å². The molecule has 0 atom stereocenters. The minimum atomic E-state index is -0.200. The normalized spacial score (nSPS) is 10.8. The number of nitrogens with zero attached hydrogens (tertiary/aromatic N) is 2.